The van der Waals surface area contributed by atoms with Crippen molar-refractivity contribution in [2.75, 3.05) is 39.6 Å². The number of carbonyl (C=O) groups is 4. The lowest BCUT2D eigenvalue weighted by molar-refractivity contribution is -0.161. The second-order valence-corrected chi connectivity index (χ2v) is 23.1. The molecular weight excluding hydrogens is 971 g/mol. The summed E-state index contributed by atoms with van der Waals surface area (Å²) in [7, 11) is -9.85. The average molecular weight is 1070 g/mol. The van der Waals surface area contributed by atoms with Gasteiger partial charge >= 0.3 is 39.5 Å². The fourth-order valence-corrected chi connectivity index (χ4v) is 9.17. The van der Waals surface area contributed by atoms with E-state index in [1.807, 2.05) is 0 Å². The van der Waals surface area contributed by atoms with Gasteiger partial charge in [-0.3, -0.25) is 37.3 Å². The first-order valence-electron chi connectivity index (χ1n) is 28.0. The van der Waals surface area contributed by atoms with E-state index in [9.17, 15) is 43.2 Å². The van der Waals surface area contributed by atoms with Crippen molar-refractivity contribution in [2.45, 2.75) is 265 Å². The van der Waals surface area contributed by atoms with Gasteiger partial charge in [-0.2, -0.15) is 0 Å². The molecule has 0 aromatic carbocycles. The van der Waals surface area contributed by atoms with Crippen molar-refractivity contribution in [1.82, 2.24) is 0 Å². The number of aliphatic hydroxyl groups excluding tert-OH is 1. The number of hydrogen-bond acceptors (Lipinski definition) is 15. The maximum atomic E-state index is 12.8. The maximum Gasteiger partial charge on any atom is 0.472 e. The summed E-state index contributed by atoms with van der Waals surface area (Å²) >= 11 is 0. The van der Waals surface area contributed by atoms with Crippen LogP contribution in [0.4, 0.5) is 0 Å². The summed E-state index contributed by atoms with van der Waals surface area (Å²) in [6, 6.07) is 0. The number of esters is 4. The van der Waals surface area contributed by atoms with Crippen LogP contribution in [-0.4, -0.2) is 96.7 Å². The van der Waals surface area contributed by atoms with Gasteiger partial charge in [0.1, 0.15) is 19.3 Å². The van der Waals surface area contributed by atoms with E-state index in [0.717, 1.165) is 122 Å². The molecule has 0 saturated carbocycles. The van der Waals surface area contributed by atoms with Crippen LogP contribution in [0.3, 0.4) is 0 Å². The van der Waals surface area contributed by atoms with Crippen molar-refractivity contribution in [3.05, 3.63) is 0 Å². The molecule has 0 bridgehead atoms. The Balaban J connectivity index is 5.20. The molecule has 5 atom stereocenters. The fraction of sp³-hybridized carbons (Fsp3) is 0.925. The molecular formula is C53H102O17P2. The van der Waals surface area contributed by atoms with Crippen LogP contribution in [0.15, 0.2) is 0 Å². The molecule has 0 aliphatic heterocycles. The van der Waals surface area contributed by atoms with E-state index in [-0.39, 0.29) is 25.7 Å². The molecule has 0 amide bonds. The number of ether oxygens (including phenoxy) is 4. The molecule has 0 heterocycles. The van der Waals surface area contributed by atoms with Crippen molar-refractivity contribution < 1.29 is 80.2 Å². The molecule has 426 valence electrons. The van der Waals surface area contributed by atoms with Crippen LogP contribution in [0.2, 0.25) is 0 Å². The minimum Gasteiger partial charge on any atom is -0.462 e. The van der Waals surface area contributed by atoms with E-state index >= 15 is 0 Å². The molecule has 0 rings (SSSR count). The standard InChI is InChI=1S/C53H102O17P2/c1-7-9-11-13-15-23-29-35-50(55)63-41-48(69-52(57)37-31-25-16-14-12-10-8-2)43-67-71(59,60)65-39-47(54)40-66-72(61,62)68-44-49(70-53(58)38-32-26-20-18-22-28-34-46(5)6)42-64-51(56)36-30-24-19-17-21-27-33-45(3)4/h45-49,54H,7-44H2,1-6H3,(H,59,60)(H,61,62)/t47-,48+,49+/m0/s1. The van der Waals surface area contributed by atoms with E-state index in [2.05, 4.69) is 41.5 Å². The SMILES string of the molecule is CCCCCCCCCC(=O)OC[C@H](COP(=O)(O)OC[C@H](O)COP(=O)(O)OC[C@@H](COC(=O)CCCCCCCCC(C)C)OC(=O)CCCCCCCCC(C)C)OC(=O)CCCCCCCCC. The first-order chi connectivity index (χ1) is 34.4. The molecule has 0 radical (unpaired) electrons. The van der Waals surface area contributed by atoms with Crippen molar-refractivity contribution in [2.24, 2.45) is 11.8 Å². The fourth-order valence-electron chi connectivity index (χ4n) is 7.59. The number of phosphoric acid groups is 2. The van der Waals surface area contributed by atoms with Crippen LogP contribution < -0.4 is 0 Å². The zero-order valence-electron chi connectivity index (χ0n) is 45.7. The molecule has 0 saturated heterocycles. The molecule has 17 nitrogen and oxygen atoms in total. The van der Waals surface area contributed by atoms with Crippen molar-refractivity contribution >= 4 is 39.5 Å². The van der Waals surface area contributed by atoms with Gasteiger partial charge in [0.05, 0.1) is 26.4 Å². The smallest absolute Gasteiger partial charge is 0.462 e. The Morgan fingerprint density at radius 1 is 0.375 bits per heavy atom. The molecule has 0 fully saturated rings. The second-order valence-electron chi connectivity index (χ2n) is 20.2. The van der Waals surface area contributed by atoms with E-state index < -0.39 is 97.5 Å². The van der Waals surface area contributed by atoms with Gasteiger partial charge < -0.3 is 33.8 Å². The lowest BCUT2D eigenvalue weighted by atomic mass is 10.0. The monoisotopic (exact) mass is 1070 g/mol. The number of unbranched alkanes of at least 4 members (excludes halogenated alkanes) is 22. The van der Waals surface area contributed by atoms with Crippen LogP contribution in [0.1, 0.15) is 247 Å². The molecule has 0 aromatic heterocycles. The highest BCUT2D eigenvalue weighted by Gasteiger charge is 2.30. The number of rotatable bonds is 52. The third-order valence-corrected chi connectivity index (χ3v) is 13.9. The minimum absolute atomic E-state index is 0.101. The van der Waals surface area contributed by atoms with Crippen LogP contribution in [-0.2, 0) is 65.4 Å². The predicted molar refractivity (Wildman–Crippen MR) is 280 cm³/mol. The number of carbonyl (C=O) groups excluding carboxylic acids is 4. The number of hydrogen-bond donors (Lipinski definition) is 3. The highest BCUT2D eigenvalue weighted by molar-refractivity contribution is 7.47. The molecule has 0 aliphatic rings. The lowest BCUT2D eigenvalue weighted by Crippen LogP contribution is -2.30. The summed E-state index contributed by atoms with van der Waals surface area (Å²) in [6.45, 7) is 9.13. The van der Waals surface area contributed by atoms with E-state index in [1.165, 1.54) is 32.1 Å². The summed E-state index contributed by atoms with van der Waals surface area (Å²) in [5.74, 6) is -0.816. The van der Waals surface area contributed by atoms with Crippen LogP contribution in [0, 0.1) is 11.8 Å². The third kappa shape index (κ3) is 47.8. The molecule has 72 heavy (non-hydrogen) atoms. The summed E-state index contributed by atoms with van der Waals surface area (Å²) < 4.78 is 67.2. The third-order valence-electron chi connectivity index (χ3n) is 12.0. The van der Waals surface area contributed by atoms with E-state index in [0.29, 0.717) is 37.5 Å². The van der Waals surface area contributed by atoms with Crippen LogP contribution >= 0.6 is 15.6 Å². The van der Waals surface area contributed by atoms with Crippen LogP contribution in [0.25, 0.3) is 0 Å². The zero-order valence-corrected chi connectivity index (χ0v) is 47.5. The summed E-state index contributed by atoms with van der Waals surface area (Å²) in [5, 5.41) is 10.4. The first-order valence-corrected chi connectivity index (χ1v) is 31.0. The first kappa shape index (κ1) is 70.1. The van der Waals surface area contributed by atoms with Crippen LogP contribution in [0.5, 0.6) is 0 Å². The van der Waals surface area contributed by atoms with Gasteiger partial charge in [0.2, 0.25) is 0 Å². The van der Waals surface area contributed by atoms with Crippen molar-refractivity contribution in [3.63, 3.8) is 0 Å². The number of aliphatic hydroxyl groups is 1. The Labute approximate surface area is 435 Å². The van der Waals surface area contributed by atoms with Gasteiger partial charge in [-0.25, -0.2) is 9.13 Å². The summed E-state index contributed by atoms with van der Waals surface area (Å²) in [5.41, 5.74) is 0. The Morgan fingerprint density at radius 3 is 0.944 bits per heavy atom. The van der Waals surface area contributed by atoms with E-state index in [1.54, 1.807) is 0 Å². The minimum atomic E-state index is -4.93. The molecule has 19 heteroatoms. The highest BCUT2D eigenvalue weighted by Crippen LogP contribution is 2.45. The number of phosphoric ester groups is 2. The van der Waals surface area contributed by atoms with Crippen molar-refractivity contribution in [3.8, 4) is 0 Å². The normalized spacial score (nSPS) is 14.7. The predicted octanol–water partition coefficient (Wildman–Crippen LogP) is 13.4. The zero-order chi connectivity index (χ0) is 53.7. The Bertz CT molecular complexity index is 1450. The maximum absolute atomic E-state index is 12.8. The summed E-state index contributed by atoms with van der Waals surface area (Å²) in [6.07, 6.45) is 24.5. The Hall–Kier alpha value is -1.94. The highest BCUT2D eigenvalue weighted by atomic mass is 31.2. The topological polar surface area (TPSA) is 237 Å². The van der Waals surface area contributed by atoms with Gasteiger partial charge in [-0.15, -0.1) is 0 Å². The van der Waals surface area contributed by atoms with Gasteiger partial charge in [0.25, 0.3) is 0 Å². The molecule has 0 aromatic rings. The van der Waals surface area contributed by atoms with Gasteiger partial charge in [-0.1, -0.05) is 196 Å². The Kier molecular flexibility index (Phi) is 45.1. The molecule has 2 unspecified atom stereocenters. The largest absolute Gasteiger partial charge is 0.472 e. The van der Waals surface area contributed by atoms with Gasteiger partial charge in [0.15, 0.2) is 12.2 Å². The molecule has 0 aliphatic carbocycles. The molecule has 0 spiro atoms. The second kappa shape index (κ2) is 46.4. The quantitative estimate of drug-likeness (QED) is 0.0222. The van der Waals surface area contributed by atoms with E-state index in [4.69, 9.17) is 37.0 Å². The lowest BCUT2D eigenvalue weighted by Gasteiger charge is -2.21. The Morgan fingerprint density at radius 2 is 0.639 bits per heavy atom. The summed E-state index contributed by atoms with van der Waals surface area (Å²) in [4.78, 5) is 71.3. The van der Waals surface area contributed by atoms with Gasteiger partial charge in [-0.05, 0) is 37.5 Å². The van der Waals surface area contributed by atoms with Crippen molar-refractivity contribution in [1.29, 1.82) is 0 Å². The average Bonchev–Trinajstić information content (AvgIpc) is 3.32. The molecule has 3 N–H and O–H groups in total. The van der Waals surface area contributed by atoms with Gasteiger partial charge in [0, 0.05) is 25.7 Å².